The summed E-state index contributed by atoms with van der Waals surface area (Å²) in [7, 11) is -4.17. The minimum atomic E-state index is -4.17. The van der Waals surface area contributed by atoms with Crippen LogP contribution in [-0.4, -0.2) is 31.2 Å². The number of benzene rings is 4. The number of rotatable bonds is 9. The van der Waals surface area contributed by atoms with Crippen LogP contribution in [0.1, 0.15) is 19.4 Å². The highest BCUT2D eigenvalue weighted by Crippen LogP contribution is 2.31. The molecule has 0 atom stereocenters. The average molecular weight is 590 g/mol. The molecule has 0 aliphatic carbocycles. The van der Waals surface area contributed by atoms with Crippen LogP contribution in [0.2, 0.25) is 0 Å². The Morgan fingerprint density at radius 2 is 1.45 bits per heavy atom. The molecule has 0 fully saturated rings. The molecule has 0 radical (unpaired) electrons. The first-order valence-corrected chi connectivity index (χ1v) is 13.7. The monoisotopic (exact) mass is 589 g/mol. The van der Waals surface area contributed by atoms with Crippen LogP contribution in [0.15, 0.2) is 89.8 Å². The van der Waals surface area contributed by atoms with Gasteiger partial charge in [0.25, 0.3) is 15.7 Å². The molecule has 4 aromatic rings. The van der Waals surface area contributed by atoms with Gasteiger partial charge in [0.05, 0.1) is 15.5 Å². The van der Waals surface area contributed by atoms with Crippen molar-refractivity contribution in [2.75, 3.05) is 10.0 Å². The number of anilines is 2. The second-order valence-corrected chi connectivity index (χ2v) is 10.5. The van der Waals surface area contributed by atoms with Crippen molar-refractivity contribution in [3.05, 3.63) is 101 Å². The van der Waals surface area contributed by atoms with Gasteiger partial charge in [-0.1, -0.05) is 30.3 Å². The van der Waals surface area contributed by atoms with Crippen LogP contribution in [0.25, 0.3) is 16.8 Å². The molecule has 4 rings (SSSR count). The molecule has 1 amide bonds. The number of nitrogens with zero attached hydrogens (tertiary/aromatic N) is 1. The first-order valence-electron chi connectivity index (χ1n) is 12.2. The quantitative estimate of drug-likeness (QED) is 0.0891. The van der Waals surface area contributed by atoms with E-state index in [1.807, 2.05) is 0 Å². The van der Waals surface area contributed by atoms with Crippen LogP contribution < -0.4 is 19.5 Å². The fourth-order valence-electron chi connectivity index (χ4n) is 4.00. The zero-order valence-electron chi connectivity index (χ0n) is 22.2. The van der Waals surface area contributed by atoms with Crippen LogP contribution >= 0.6 is 0 Å². The Morgan fingerprint density at radius 3 is 2.10 bits per heavy atom. The van der Waals surface area contributed by atoms with Gasteiger partial charge in [-0.05, 0) is 42.0 Å². The predicted molar refractivity (Wildman–Crippen MR) is 155 cm³/mol. The summed E-state index contributed by atoms with van der Waals surface area (Å²) in [6.45, 7) is 2.43. The van der Waals surface area contributed by atoms with E-state index in [1.165, 1.54) is 74.5 Å². The molecule has 0 heterocycles. The topological polar surface area (TPSA) is 171 Å². The summed E-state index contributed by atoms with van der Waals surface area (Å²) in [4.78, 5) is 45.9. The van der Waals surface area contributed by atoms with Crippen molar-refractivity contribution in [1.29, 1.82) is 0 Å². The van der Waals surface area contributed by atoms with Gasteiger partial charge in [0.2, 0.25) is 5.91 Å². The molecule has 0 bridgehead atoms. The Labute approximate surface area is 239 Å². The molecular formula is C29H23N3O9S. The number of nitrogens with one attached hydrogen (secondary N) is 2. The number of fused-ring (bicyclic) bond motifs is 1. The minimum absolute atomic E-state index is 0.0189. The van der Waals surface area contributed by atoms with Crippen molar-refractivity contribution in [3.63, 3.8) is 0 Å². The highest BCUT2D eigenvalue weighted by molar-refractivity contribution is 7.93. The first-order chi connectivity index (χ1) is 19.9. The van der Waals surface area contributed by atoms with Gasteiger partial charge in [-0.3, -0.25) is 29.2 Å². The second-order valence-electron chi connectivity index (χ2n) is 8.82. The number of ether oxygens (including phenoxy) is 2. The Hall–Kier alpha value is -5.56. The molecule has 2 N–H and O–H groups in total. The molecule has 0 unspecified atom stereocenters. The number of nitro benzene ring substituents is 1. The zero-order chi connectivity index (χ0) is 30.4. The highest BCUT2D eigenvalue weighted by Gasteiger charge is 2.20. The van der Waals surface area contributed by atoms with E-state index in [9.17, 15) is 32.9 Å². The number of amides is 1. The number of carbonyl (C=O) groups excluding carboxylic acids is 3. The maximum Gasteiger partial charge on any atom is 0.308 e. The van der Waals surface area contributed by atoms with Gasteiger partial charge in [-0.25, -0.2) is 8.42 Å². The summed E-state index contributed by atoms with van der Waals surface area (Å²) < 4.78 is 39.0. The van der Waals surface area contributed by atoms with Crippen molar-refractivity contribution < 1.29 is 37.2 Å². The van der Waals surface area contributed by atoms with Gasteiger partial charge in [-0.2, -0.15) is 0 Å². The number of non-ortho nitro benzene ring substituents is 1. The molecule has 42 heavy (non-hydrogen) atoms. The second kappa shape index (κ2) is 12.3. The summed E-state index contributed by atoms with van der Waals surface area (Å²) in [6, 6.07) is 18.7. The number of nitro groups is 1. The van der Waals surface area contributed by atoms with Crippen molar-refractivity contribution in [2.24, 2.45) is 0 Å². The number of hydrogen-bond donors (Lipinski definition) is 2. The Morgan fingerprint density at radius 1 is 0.833 bits per heavy atom. The molecule has 214 valence electrons. The molecule has 0 saturated heterocycles. The van der Waals surface area contributed by atoms with Crippen molar-refractivity contribution in [3.8, 4) is 11.5 Å². The van der Waals surface area contributed by atoms with Crippen LogP contribution in [0.4, 0.5) is 17.1 Å². The Kier molecular flexibility index (Phi) is 8.62. The lowest BCUT2D eigenvalue weighted by Crippen LogP contribution is -2.14. The molecule has 0 aromatic heterocycles. The molecule has 0 aliphatic rings. The van der Waals surface area contributed by atoms with Gasteiger partial charge >= 0.3 is 11.9 Å². The fraction of sp³-hybridized carbons (Fsp3) is 0.0690. The van der Waals surface area contributed by atoms with Crippen molar-refractivity contribution >= 4 is 61.8 Å². The van der Waals surface area contributed by atoms with E-state index in [4.69, 9.17) is 9.47 Å². The van der Waals surface area contributed by atoms with E-state index < -0.39 is 32.8 Å². The fourth-order valence-corrected chi connectivity index (χ4v) is 5.28. The molecule has 4 aromatic carbocycles. The van der Waals surface area contributed by atoms with Crippen LogP contribution in [0.5, 0.6) is 11.5 Å². The van der Waals surface area contributed by atoms with Crippen LogP contribution in [0.3, 0.4) is 0 Å². The Bertz CT molecular complexity index is 1830. The van der Waals surface area contributed by atoms with E-state index in [-0.39, 0.29) is 27.8 Å². The summed E-state index contributed by atoms with van der Waals surface area (Å²) in [6.07, 6.45) is 2.62. The average Bonchev–Trinajstić information content (AvgIpc) is 2.91. The van der Waals surface area contributed by atoms with Crippen LogP contribution in [0, 0.1) is 10.1 Å². The van der Waals surface area contributed by atoms with Gasteiger partial charge in [0.15, 0.2) is 0 Å². The number of sulfonamides is 1. The van der Waals surface area contributed by atoms with E-state index in [0.29, 0.717) is 22.0 Å². The molecule has 0 saturated carbocycles. The van der Waals surface area contributed by atoms with E-state index >= 15 is 0 Å². The minimum Gasteiger partial charge on any atom is -0.427 e. The van der Waals surface area contributed by atoms with E-state index in [1.54, 1.807) is 24.3 Å². The highest BCUT2D eigenvalue weighted by atomic mass is 32.2. The molecule has 13 heteroatoms. The third-order valence-corrected chi connectivity index (χ3v) is 7.03. The zero-order valence-corrected chi connectivity index (χ0v) is 23.0. The number of hydrogen-bond acceptors (Lipinski definition) is 9. The first kappa shape index (κ1) is 29.4. The maximum absolute atomic E-state index is 13.2. The molecule has 0 aliphatic heterocycles. The number of esters is 2. The molecular weight excluding hydrogens is 566 g/mol. The SMILES string of the molecule is CC(=O)Oc1cc(C=CC(=O)Nc2cccc3c(S(=O)(=O)Nc4cccc([N+](=O)[O-])c4)cccc23)cc(OC(C)=O)c1. The Balaban J connectivity index is 1.60. The maximum atomic E-state index is 13.2. The largest absolute Gasteiger partial charge is 0.427 e. The summed E-state index contributed by atoms with van der Waals surface area (Å²) >= 11 is 0. The third kappa shape index (κ3) is 7.34. The third-order valence-electron chi connectivity index (χ3n) is 5.59. The van der Waals surface area contributed by atoms with Gasteiger partial charge in [0.1, 0.15) is 11.5 Å². The standard InChI is InChI=1S/C29H23N3O9S/c1-18(33)40-23-14-20(15-24(17-23)41-19(2)34)12-13-29(35)30-27-10-4-9-26-25(27)8-5-11-28(26)42(38,39)31-21-6-3-7-22(16-21)32(36)37/h3-17,31H,1-2H3,(H,30,35). The summed E-state index contributed by atoms with van der Waals surface area (Å²) in [5.74, 6) is -1.50. The smallest absolute Gasteiger partial charge is 0.308 e. The molecule has 12 nitrogen and oxygen atoms in total. The van der Waals surface area contributed by atoms with Crippen molar-refractivity contribution in [1.82, 2.24) is 0 Å². The summed E-state index contributed by atoms with van der Waals surface area (Å²) in [5, 5.41) is 14.5. The lowest BCUT2D eigenvalue weighted by Gasteiger charge is -2.13. The lowest BCUT2D eigenvalue weighted by atomic mass is 10.1. The van der Waals surface area contributed by atoms with Gasteiger partial charge in [0, 0.05) is 54.6 Å². The normalized spacial score (nSPS) is 11.2. The van der Waals surface area contributed by atoms with Crippen LogP contribution in [-0.2, 0) is 24.4 Å². The lowest BCUT2D eigenvalue weighted by molar-refractivity contribution is -0.384. The summed E-state index contributed by atoms with van der Waals surface area (Å²) in [5.41, 5.74) is 0.472. The predicted octanol–water partition coefficient (Wildman–Crippen LogP) is 5.05. The van der Waals surface area contributed by atoms with Gasteiger partial charge < -0.3 is 14.8 Å². The van der Waals surface area contributed by atoms with E-state index in [2.05, 4.69) is 10.0 Å². The number of carbonyl (C=O) groups is 3. The molecule has 0 spiro atoms. The van der Waals surface area contributed by atoms with Crippen molar-refractivity contribution in [2.45, 2.75) is 18.7 Å². The van der Waals surface area contributed by atoms with E-state index in [0.717, 1.165) is 6.07 Å². The van der Waals surface area contributed by atoms with Gasteiger partial charge in [-0.15, -0.1) is 0 Å².